The zero-order valence-corrected chi connectivity index (χ0v) is 12.3. The molecule has 9 heteroatoms. The van der Waals surface area contributed by atoms with Gasteiger partial charge in [-0.15, -0.1) is 0 Å². The number of halogens is 6. The van der Waals surface area contributed by atoms with Gasteiger partial charge in [-0.1, -0.05) is 0 Å². The van der Waals surface area contributed by atoms with Gasteiger partial charge in [0.2, 0.25) is 0 Å². The third-order valence-corrected chi connectivity index (χ3v) is 3.16. The summed E-state index contributed by atoms with van der Waals surface area (Å²) in [5, 5.41) is 2.77. The normalized spacial score (nSPS) is 14.1. The van der Waals surface area contributed by atoms with Gasteiger partial charge in [-0.25, -0.2) is 0 Å². The summed E-state index contributed by atoms with van der Waals surface area (Å²) in [6, 6.07) is 1.25. The van der Waals surface area contributed by atoms with Crippen molar-refractivity contribution in [1.82, 2.24) is 5.32 Å². The monoisotopic (exact) mass is 343 g/mol. The summed E-state index contributed by atoms with van der Waals surface area (Å²) in [6.07, 6.45) is -8.36. The Balaban J connectivity index is 2.81. The van der Waals surface area contributed by atoms with Crippen LogP contribution in [0.2, 0.25) is 0 Å². The first-order valence-corrected chi connectivity index (χ1v) is 6.98. The van der Waals surface area contributed by atoms with Gasteiger partial charge in [-0.2, -0.15) is 26.3 Å². The minimum absolute atomic E-state index is 0.0989. The van der Waals surface area contributed by atoms with Crippen molar-refractivity contribution in [2.75, 3.05) is 13.1 Å². The lowest BCUT2D eigenvalue weighted by Crippen LogP contribution is -2.34. The number of rotatable bonds is 7. The number of hydrogen-bond donors (Lipinski definition) is 3. The van der Waals surface area contributed by atoms with Crippen LogP contribution >= 0.6 is 0 Å². The van der Waals surface area contributed by atoms with Crippen molar-refractivity contribution in [1.29, 1.82) is 0 Å². The Hall–Kier alpha value is -1.32. The maximum Gasteiger partial charge on any atom is 0.416 e. The molecule has 0 heterocycles. The Labute approximate surface area is 130 Å². The summed E-state index contributed by atoms with van der Waals surface area (Å²) < 4.78 is 76.2. The lowest BCUT2D eigenvalue weighted by molar-refractivity contribution is -0.143. The molecule has 1 unspecified atom stereocenters. The largest absolute Gasteiger partial charge is 0.416 e. The molecule has 0 saturated heterocycles. The van der Waals surface area contributed by atoms with Crippen LogP contribution in [0, 0.1) is 0 Å². The van der Waals surface area contributed by atoms with Gasteiger partial charge in [0.25, 0.3) is 0 Å². The number of alkyl halides is 6. The van der Waals surface area contributed by atoms with Crippen molar-refractivity contribution in [3.8, 4) is 0 Å². The molecule has 3 nitrogen and oxygen atoms in total. The summed E-state index contributed by atoms with van der Waals surface area (Å²) in [5.41, 5.74) is 8.32. The van der Waals surface area contributed by atoms with E-state index in [4.69, 9.17) is 11.5 Å². The third kappa shape index (κ3) is 6.76. The Morgan fingerprint density at radius 1 is 0.957 bits per heavy atom. The van der Waals surface area contributed by atoms with Crippen molar-refractivity contribution in [2.45, 2.75) is 37.8 Å². The Morgan fingerprint density at radius 3 is 1.91 bits per heavy atom. The maximum atomic E-state index is 12.7. The topological polar surface area (TPSA) is 64.1 Å². The van der Waals surface area contributed by atoms with Gasteiger partial charge in [0, 0.05) is 19.1 Å². The molecule has 1 atom stereocenters. The van der Waals surface area contributed by atoms with Crippen LogP contribution in [0.3, 0.4) is 0 Å². The molecular formula is C14H19F6N3. The fourth-order valence-electron chi connectivity index (χ4n) is 2.01. The molecule has 0 fully saturated rings. The van der Waals surface area contributed by atoms with E-state index in [1.165, 1.54) is 0 Å². The minimum Gasteiger partial charge on any atom is -0.330 e. The van der Waals surface area contributed by atoms with E-state index in [0.29, 0.717) is 31.5 Å². The fourth-order valence-corrected chi connectivity index (χ4v) is 2.01. The molecule has 0 bridgehead atoms. The van der Waals surface area contributed by atoms with Crippen molar-refractivity contribution < 1.29 is 26.3 Å². The minimum atomic E-state index is -4.84. The number of nitrogens with one attached hydrogen (secondary N) is 1. The van der Waals surface area contributed by atoms with E-state index in [0.717, 1.165) is 0 Å². The third-order valence-electron chi connectivity index (χ3n) is 3.16. The number of nitrogens with two attached hydrogens (primary N) is 2. The summed E-state index contributed by atoms with van der Waals surface area (Å²) in [5.74, 6) is 0. The zero-order chi connectivity index (χ0) is 17.7. The smallest absolute Gasteiger partial charge is 0.330 e. The predicted molar refractivity (Wildman–Crippen MR) is 74.4 cm³/mol. The van der Waals surface area contributed by atoms with Crippen molar-refractivity contribution in [3.05, 3.63) is 34.9 Å². The molecule has 5 N–H and O–H groups in total. The molecule has 0 aliphatic carbocycles. The Morgan fingerprint density at radius 2 is 1.48 bits per heavy atom. The van der Waals surface area contributed by atoms with Gasteiger partial charge in [0.15, 0.2) is 0 Å². The molecule has 23 heavy (non-hydrogen) atoms. The highest BCUT2D eigenvalue weighted by Gasteiger charge is 2.36. The first-order valence-electron chi connectivity index (χ1n) is 6.98. The van der Waals surface area contributed by atoms with Crippen molar-refractivity contribution >= 4 is 0 Å². The maximum absolute atomic E-state index is 12.7. The van der Waals surface area contributed by atoms with Crippen LogP contribution in [0.4, 0.5) is 26.3 Å². The average molecular weight is 343 g/mol. The second kappa shape index (κ2) is 7.98. The van der Waals surface area contributed by atoms with Crippen molar-refractivity contribution in [2.24, 2.45) is 11.5 Å². The highest BCUT2D eigenvalue weighted by Crippen LogP contribution is 2.36. The molecule has 0 radical (unpaired) electrons. The molecular weight excluding hydrogens is 324 g/mol. The lowest BCUT2D eigenvalue weighted by atomic mass is 10.0. The standard InChI is InChI=1S/C14H19F6N3/c15-13(16,17)10-4-9(5-11(6-10)14(18,19)20)7-23-8-12(22)2-1-3-21/h4-6,12,23H,1-3,7-8,21-22H2. The molecule has 0 spiro atoms. The highest BCUT2D eigenvalue weighted by atomic mass is 19.4. The molecule has 0 saturated carbocycles. The lowest BCUT2D eigenvalue weighted by Gasteiger charge is -2.16. The molecule has 1 rings (SSSR count). The predicted octanol–water partition coefficient (Wildman–Crippen LogP) is 2.88. The van der Waals surface area contributed by atoms with Crippen molar-refractivity contribution in [3.63, 3.8) is 0 Å². The van der Waals surface area contributed by atoms with E-state index >= 15 is 0 Å². The van der Waals surface area contributed by atoms with Gasteiger partial charge < -0.3 is 16.8 Å². The van der Waals surface area contributed by atoms with Gasteiger partial charge in [-0.3, -0.25) is 0 Å². The van der Waals surface area contributed by atoms with E-state index < -0.39 is 23.5 Å². The van der Waals surface area contributed by atoms with Gasteiger partial charge >= 0.3 is 12.4 Å². The Kier molecular flexibility index (Phi) is 6.84. The van der Waals surface area contributed by atoms with Gasteiger partial charge in [-0.05, 0) is 43.1 Å². The second-order valence-corrected chi connectivity index (χ2v) is 5.24. The van der Waals surface area contributed by atoms with Crippen LogP contribution in [0.1, 0.15) is 29.5 Å². The average Bonchev–Trinajstić information content (AvgIpc) is 2.43. The molecule has 0 aliphatic rings. The second-order valence-electron chi connectivity index (χ2n) is 5.24. The number of hydrogen-bond acceptors (Lipinski definition) is 3. The van der Waals surface area contributed by atoms with Gasteiger partial charge in [0.05, 0.1) is 11.1 Å². The molecule has 1 aromatic rings. The van der Waals surface area contributed by atoms with Crippen LogP contribution in [0.5, 0.6) is 0 Å². The summed E-state index contributed by atoms with van der Waals surface area (Å²) in [6.45, 7) is 0.608. The van der Waals surface area contributed by atoms with Gasteiger partial charge in [0.1, 0.15) is 0 Å². The van der Waals surface area contributed by atoms with E-state index in [1.807, 2.05) is 0 Å². The first kappa shape index (κ1) is 19.7. The fraction of sp³-hybridized carbons (Fsp3) is 0.571. The molecule has 0 aliphatic heterocycles. The summed E-state index contributed by atoms with van der Waals surface area (Å²) in [4.78, 5) is 0. The van der Waals surface area contributed by atoms with Crippen LogP contribution in [0.25, 0.3) is 0 Å². The first-order chi connectivity index (χ1) is 10.5. The summed E-state index contributed by atoms with van der Waals surface area (Å²) in [7, 11) is 0. The van der Waals surface area contributed by atoms with Crippen LogP contribution in [-0.2, 0) is 18.9 Å². The van der Waals surface area contributed by atoms with E-state index in [9.17, 15) is 26.3 Å². The molecule has 0 amide bonds. The molecule has 0 aromatic heterocycles. The van der Waals surface area contributed by atoms with Crippen LogP contribution < -0.4 is 16.8 Å². The van der Waals surface area contributed by atoms with Crippen LogP contribution in [-0.4, -0.2) is 19.1 Å². The molecule has 132 valence electrons. The highest BCUT2D eigenvalue weighted by molar-refractivity contribution is 5.33. The Bertz CT molecular complexity index is 466. The van der Waals surface area contributed by atoms with E-state index in [1.54, 1.807) is 0 Å². The van der Waals surface area contributed by atoms with E-state index in [-0.39, 0.29) is 30.8 Å². The number of benzene rings is 1. The summed E-state index contributed by atoms with van der Waals surface area (Å²) >= 11 is 0. The quantitative estimate of drug-likeness (QED) is 0.667. The molecule has 1 aromatic carbocycles. The van der Waals surface area contributed by atoms with Crippen LogP contribution in [0.15, 0.2) is 18.2 Å². The van der Waals surface area contributed by atoms with E-state index in [2.05, 4.69) is 5.32 Å². The zero-order valence-electron chi connectivity index (χ0n) is 12.3. The SMILES string of the molecule is NCCCC(N)CNCc1cc(C(F)(F)F)cc(C(F)(F)F)c1.